The minimum atomic E-state index is -3.39. The third kappa shape index (κ3) is 4.87. The van der Waals surface area contributed by atoms with Crippen molar-refractivity contribution in [3.8, 4) is 0 Å². The van der Waals surface area contributed by atoms with Gasteiger partial charge in [-0.25, -0.2) is 12.8 Å². The monoisotopic (exact) mass is 408 g/mol. The smallest absolute Gasteiger partial charge is 0.229 e. The summed E-state index contributed by atoms with van der Waals surface area (Å²) in [6, 6.07) is 2.71. The number of halogens is 3. The highest BCUT2D eigenvalue weighted by Gasteiger charge is 2.14. The van der Waals surface area contributed by atoms with Crippen molar-refractivity contribution >= 4 is 51.0 Å². The summed E-state index contributed by atoms with van der Waals surface area (Å²) in [7, 11) is -3.39. The molecule has 0 aliphatic rings. The molecule has 0 bridgehead atoms. The fourth-order valence-corrected chi connectivity index (χ4v) is 2.36. The van der Waals surface area contributed by atoms with Crippen LogP contribution < -0.4 is 8.25 Å². The molecule has 104 valence electrons. The summed E-state index contributed by atoms with van der Waals surface area (Å²) in [5.74, 6) is -0.432. The molecule has 0 aliphatic heterocycles. The van der Waals surface area contributed by atoms with Gasteiger partial charge in [-0.05, 0) is 31.5 Å². The number of aryl methyl sites for hydroxylation is 1. The lowest BCUT2D eigenvalue weighted by atomic mass is 10.0. The summed E-state index contributed by atoms with van der Waals surface area (Å²) < 4.78 is 41.1. The first-order valence-corrected chi connectivity index (χ1v) is 7.85. The highest BCUT2D eigenvalue weighted by atomic mass is 127. The second-order valence-corrected chi connectivity index (χ2v) is 6.26. The molecule has 0 radical (unpaired) electrons. The van der Waals surface area contributed by atoms with Crippen LogP contribution in [0.3, 0.4) is 0 Å². The van der Waals surface area contributed by atoms with Gasteiger partial charge in [0.15, 0.2) is 0 Å². The van der Waals surface area contributed by atoms with Crippen molar-refractivity contribution in [2.75, 3.05) is 11.0 Å². The molecule has 0 heterocycles. The summed E-state index contributed by atoms with van der Waals surface area (Å²) >= 11 is 1.95. The van der Waals surface area contributed by atoms with Gasteiger partial charge in [0.25, 0.3) is 0 Å². The maximum Gasteiger partial charge on any atom is 0.229 e. The van der Waals surface area contributed by atoms with Gasteiger partial charge >= 0.3 is 0 Å². The predicted molar refractivity (Wildman–Crippen MR) is 82.4 cm³/mol. The molecule has 1 atom stereocenters. The fraction of sp³-hybridized carbons (Fsp3) is 0.400. The standard InChI is InChI=1S/C10H14FIN2O2S.ClH/c1-6-4-8(7(2)13-12)9(11)5-10(6)14-17(3,15)16;/h4-5,7,13-14H,1-3H3;1H/t7-;/m1./s1. The van der Waals surface area contributed by atoms with E-state index in [4.69, 9.17) is 0 Å². The van der Waals surface area contributed by atoms with E-state index in [1.165, 1.54) is 6.07 Å². The van der Waals surface area contributed by atoms with Crippen molar-refractivity contribution in [2.45, 2.75) is 19.9 Å². The molecule has 0 saturated carbocycles. The third-order valence-corrected chi connectivity index (χ3v) is 3.79. The number of rotatable bonds is 4. The first-order chi connectivity index (χ1) is 7.74. The van der Waals surface area contributed by atoms with Crippen molar-refractivity contribution in [3.05, 3.63) is 29.1 Å². The number of benzene rings is 1. The topological polar surface area (TPSA) is 58.2 Å². The lowest BCUT2D eigenvalue weighted by Crippen LogP contribution is -2.13. The van der Waals surface area contributed by atoms with Gasteiger partial charge in [-0.1, -0.05) is 0 Å². The van der Waals surface area contributed by atoms with Crippen molar-refractivity contribution in [3.63, 3.8) is 0 Å². The van der Waals surface area contributed by atoms with E-state index in [9.17, 15) is 12.8 Å². The van der Waals surface area contributed by atoms with E-state index in [1.807, 2.05) is 29.8 Å². The van der Waals surface area contributed by atoms with E-state index >= 15 is 0 Å². The Hall–Kier alpha value is -0.120. The summed E-state index contributed by atoms with van der Waals surface area (Å²) in [6.07, 6.45) is 1.03. The molecule has 18 heavy (non-hydrogen) atoms. The van der Waals surface area contributed by atoms with Gasteiger partial charge in [0.1, 0.15) is 5.82 Å². The van der Waals surface area contributed by atoms with Gasteiger partial charge in [-0.3, -0.25) is 8.25 Å². The molecule has 0 amide bonds. The molecular formula is C10H15ClFIN2O2S. The van der Waals surface area contributed by atoms with Crippen LogP contribution in [-0.2, 0) is 10.0 Å². The van der Waals surface area contributed by atoms with Crippen LogP contribution in [0.2, 0.25) is 0 Å². The Labute approximate surface area is 127 Å². The first-order valence-electron chi connectivity index (χ1n) is 4.88. The Kier molecular flexibility index (Phi) is 6.83. The van der Waals surface area contributed by atoms with Crippen LogP contribution in [0, 0.1) is 12.7 Å². The Balaban J connectivity index is 0.00000289. The van der Waals surface area contributed by atoms with E-state index in [-0.39, 0.29) is 24.1 Å². The van der Waals surface area contributed by atoms with Crippen LogP contribution in [0.15, 0.2) is 12.1 Å². The quantitative estimate of drug-likeness (QED) is 0.595. The molecule has 2 N–H and O–H groups in total. The lowest BCUT2D eigenvalue weighted by Gasteiger charge is -2.14. The van der Waals surface area contributed by atoms with Gasteiger partial charge < -0.3 is 0 Å². The summed E-state index contributed by atoms with van der Waals surface area (Å²) in [5, 5.41) is 0. The minimum Gasteiger partial charge on any atom is -0.283 e. The molecule has 0 unspecified atom stereocenters. The Morgan fingerprint density at radius 2 is 1.94 bits per heavy atom. The molecule has 0 spiro atoms. The molecular weight excluding hydrogens is 394 g/mol. The molecule has 0 fully saturated rings. The van der Waals surface area contributed by atoms with E-state index in [0.29, 0.717) is 11.1 Å². The molecule has 1 rings (SSSR count). The fourth-order valence-electron chi connectivity index (χ4n) is 1.40. The van der Waals surface area contributed by atoms with Gasteiger partial charge in [-0.15, -0.1) is 12.4 Å². The average Bonchev–Trinajstić information content (AvgIpc) is 2.20. The van der Waals surface area contributed by atoms with Crippen LogP contribution in [-0.4, -0.2) is 14.7 Å². The van der Waals surface area contributed by atoms with Crippen LogP contribution in [0.25, 0.3) is 0 Å². The highest BCUT2D eigenvalue weighted by molar-refractivity contribution is 14.1. The SMILES string of the molecule is Cc1cc([C@@H](C)NI)c(F)cc1NS(C)(=O)=O.Cl. The molecule has 4 nitrogen and oxygen atoms in total. The third-order valence-electron chi connectivity index (χ3n) is 2.27. The van der Waals surface area contributed by atoms with Crippen molar-refractivity contribution in [2.24, 2.45) is 0 Å². The largest absolute Gasteiger partial charge is 0.283 e. The summed E-state index contributed by atoms with van der Waals surface area (Å²) in [5.41, 5.74) is 1.47. The Bertz CT molecular complexity index is 525. The maximum atomic E-state index is 13.8. The zero-order valence-electron chi connectivity index (χ0n) is 10.1. The van der Waals surface area contributed by atoms with Gasteiger partial charge in [0, 0.05) is 34.5 Å². The van der Waals surface area contributed by atoms with E-state index in [2.05, 4.69) is 8.25 Å². The lowest BCUT2D eigenvalue weighted by molar-refractivity contribution is 0.588. The van der Waals surface area contributed by atoms with Gasteiger partial charge in [0.2, 0.25) is 10.0 Å². The minimum absolute atomic E-state index is 0. The van der Waals surface area contributed by atoms with Crippen LogP contribution in [0.4, 0.5) is 10.1 Å². The summed E-state index contributed by atoms with van der Waals surface area (Å²) in [4.78, 5) is 0. The molecule has 0 saturated heterocycles. The van der Waals surface area contributed by atoms with E-state index in [1.54, 1.807) is 13.0 Å². The number of anilines is 1. The van der Waals surface area contributed by atoms with E-state index < -0.39 is 15.8 Å². The molecule has 0 aliphatic carbocycles. The van der Waals surface area contributed by atoms with Gasteiger partial charge in [0.05, 0.1) is 11.9 Å². The number of sulfonamides is 1. The molecule has 0 aromatic heterocycles. The second kappa shape index (κ2) is 6.88. The van der Waals surface area contributed by atoms with E-state index in [0.717, 1.165) is 6.26 Å². The number of hydrogen-bond acceptors (Lipinski definition) is 3. The zero-order chi connectivity index (χ0) is 13.2. The maximum absolute atomic E-state index is 13.8. The first kappa shape index (κ1) is 17.9. The van der Waals surface area contributed by atoms with Crippen molar-refractivity contribution < 1.29 is 12.8 Å². The number of hydrogen-bond donors (Lipinski definition) is 2. The van der Waals surface area contributed by atoms with Crippen LogP contribution in [0.1, 0.15) is 24.1 Å². The van der Waals surface area contributed by atoms with Gasteiger partial charge in [-0.2, -0.15) is 0 Å². The zero-order valence-corrected chi connectivity index (χ0v) is 13.9. The number of nitrogens with one attached hydrogen (secondary N) is 2. The van der Waals surface area contributed by atoms with Crippen LogP contribution in [0.5, 0.6) is 0 Å². The normalized spacial score (nSPS) is 12.7. The molecule has 1 aromatic rings. The Morgan fingerprint density at radius 1 is 1.39 bits per heavy atom. The van der Waals surface area contributed by atoms with Crippen molar-refractivity contribution in [1.29, 1.82) is 0 Å². The molecule has 8 heteroatoms. The highest BCUT2D eigenvalue weighted by Crippen LogP contribution is 2.25. The molecule has 1 aromatic carbocycles. The van der Waals surface area contributed by atoms with Crippen LogP contribution >= 0.6 is 35.3 Å². The van der Waals surface area contributed by atoms with Crippen molar-refractivity contribution in [1.82, 2.24) is 3.53 Å². The summed E-state index contributed by atoms with van der Waals surface area (Å²) in [6.45, 7) is 3.56. The predicted octanol–water partition coefficient (Wildman–Crippen LogP) is 2.93. The Morgan fingerprint density at radius 3 is 2.39 bits per heavy atom. The second-order valence-electron chi connectivity index (χ2n) is 3.89. The average molecular weight is 409 g/mol.